The first kappa shape index (κ1) is 14.4. The van der Waals surface area contributed by atoms with Crippen molar-refractivity contribution in [3.63, 3.8) is 0 Å². The van der Waals surface area contributed by atoms with Crippen LogP contribution < -0.4 is 10.6 Å². The number of benzene rings is 1. The molecular weight excluding hydrogens is 256 g/mol. The minimum atomic E-state index is 0.0826. The Kier molecular flexibility index (Phi) is 5.73. The monoisotopic (exact) mass is 278 g/mol. The number of amides is 1. The Morgan fingerprint density at radius 1 is 1.42 bits per heavy atom. The topological polar surface area (TPSA) is 41.1 Å². The molecule has 2 rings (SSSR count). The molecule has 4 heteroatoms. The summed E-state index contributed by atoms with van der Waals surface area (Å²) in [6.45, 7) is 0.892. The predicted molar refractivity (Wildman–Crippen MR) is 81.9 cm³/mol. The molecule has 19 heavy (non-hydrogen) atoms. The Hall–Kier alpha value is -1.00. The van der Waals surface area contributed by atoms with Gasteiger partial charge in [0.15, 0.2) is 0 Å². The molecule has 1 heterocycles. The third-order valence-corrected chi connectivity index (χ3v) is 4.62. The molecule has 1 amide bonds. The maximum absolute atomic E-state index is 12.4. The molecule has 1 aromatic rings. The Labute approximate surface area is 119 Å². The zero-order valence-electron chi connectivity index (χ0n) is 11.4. The summed E-state index contributed by atoms with van der Waals surface area (Å²) in [5.74, 6) is 2.36. The van der Waals surface area contributed by atoms with Gasteiger partial charge in [0.05, 0.1) is 0 Å². The smallest absolute Gasteiger partial charge is 0.251 e. The minimum Gasteiger partial charge on any atom is -0.348 e. The first-order valence-electron chi connectivity index (χ1n) is 6.92. The normalized spacial score (nSPS) is 19.1. The Bertz CT molecular complexity index is 416. The van der Waals surface area contributed by atoms with Gasteiger partial charge in [-0.2, -0.15) is 11.8 Å². The van der Waals surface area contributed by atoms with Gasteiger partial charge in [-0.25, -0.2) is 0 Å². The average Bonchev–Trinajstić information content (AvgIpc) is 2.46. The molecule has 0 aliphatic carbocycles. The maximum atomic E-state index is 12.4. The molecule has 3 nitrogen and oxygen atoms in total. The summed E-state index contributed by atoms with van der Waals surface area (Å²) >= 11 is 1.93. The van der Waals surface area contributed by atoms with Gasteiger partial charge in [-0.3, -0.25) is 4.79 Å². The lowest BCUT2D eigenvalue weighted by Crippen LogP contribution is -2.38. The summed E-state index contributed by atoms with van der Waals surface area (Å²) in [5.41, 5.74) is 1.95. The molecule has 1 unspecified atom stereocenters. The van der Waals surface area contributed by atoms with Crippen LogP contribution in [0.3, 0.4) is 0 Å². The Morgan fingerprint density at radius 3 is 3.00 bits per heavy atom. The lowest BCUT2D eigenvalue weighted by atomic mass is 10.0. The van der Waals surface area contributed by atoms with Gasteiger partial charge < -0.3 is 10.6 Å². The quantitative estimate of drug-likeness (QED) is 0.866. The van der Waals surface area contributed by atoms with E-state index in [0.29, 0.717) is 6.04 Å². The fraction of sp³-hybridized carbons (Fsp3) is 0.533. The Morgan fingerprint density at radius 2 is 2.26 bits per heavy atom. The zero-order chi connectivity index (χ0) is 13.5. The van der Waals surface area contributed by atoms with Crippen molar-refractivity contribution >= 4 is 17.7 Å². The highest BCUT2D eigenvalue weighted by atomic mass is 32.2. The molecule has 0 saturated carbocycles. The highest BCUT2D eigenvalue weighted by Crippen LogP contribution is 2.18. The van der Waals surface area contributed by atoms with Crippen LogP contribution in [-0.4, -0.2) is 37.0 Å². The van der Waals surface area contributed by atoms with Crippen molar-refractivity contribution in [1.29, 1.82) is 0 Å². The van der Waals surface area contributed by atoms with Crippen LogP contribution in [0.15, 0.2) is 24.3 Å². The fourth-order valence-corrected chi connectivity index (χ4v) is 3.41. The van der Waals surface area contributed by atoms with Crippen molar-refractivity contribution in [3.05, 3.63) is 35.4 Å². The van der Waals surface area contributed by atoms with Gasteiger partial charge in [-0.1, -0.05) is 18.2 Å². The van der Waals surface area contributed by atoms with Gasteiger partial charge >= 0.3 is 0 Å². The van der Waals surface area contributed by atoms with E-state index >= 15 is 0 Å². The second-order valence-corrected chi connectivity index (χ2v) is 6.05. The molecule has 0 bridgehead atoms. The second kappa shape index (κ2) is 7.56. The first-order valence-corrected chi connectivity index (χ1v) is 8.08. The van der Waals surface area contributed by atoms with Crippen molar-refractivity contribution in [1.82, 2.24) is 10.6 Å². The summed E-state index contributed by atoms with van der Waals surface area (Å²) in [7, 11) is 1.93. The van der Waals surface area contributed by atoms with Crippen LogP contribution in [0, 0.1) is 0 Å². The van der Waals surface area contributed by atoms with E-state index in [-0.39, 0.29) is 5.91 Å². The number of nitrogens with one attached hydrogen (secondary N) is 2. The van der Waals surface area contributed by atoms with Crippen molar-refractivity contribution < 1.29 is 4.79 Å². The van der Waals surface area contributed by atoms with Gasteiger partial charge in [0.1, 0.15) is 0 Å². The number of carbonyl (C=O) groups is 1. The third-order valence-electron chi connectivity index (χ3n) is 3.40. The van der Waals surface area contributed by atoms with E-state index in [2.05, 4.69) is 10.6 Å². The summed E-state index contributed by atoms with van der Waals surface area (Å²) in [4.78, 5) is 12.4. The molecule has 0 aromatic heterocycles. The Balaban J connectivity index is 2.00. The molecule has 1 atom stereocenters. The highest BCUT2D eigenvalue weighted by molar-refractivity contribution is 7.99. The molecule has 1 aliphatic rings. The summed E-state index contributed by atoms with van der Waals surface area (Å²) in [6, 6.07) is 8.24. The van der Waals surface area contributed by atoms with Crippen LogP contribution in [0.5, 0.6) is 0 Å². The molecule has 0 spiro atoms. The highest BCUT2D eigenvalue weighted by Gasteiger charge is 2.18. The number of carbonyl (C=O) groups excluding carboxylic acids is 1. The maximum Gasteiger partial charge on any atom is 0.251 e. The van der Waals surface area contributed by atoms with E-state index in [1.54, 1.807) is 0 Å². The van der Waals surface area contributed by atoms with Crippen LogP contribution in [-0.2, 0) is 6.42 Å². The summed E-state index contributed by atoms with van der Waals surface area (Å²) in [6.07, 6.45) is 3.20. The zero-order valence-corrected chi connectivity index (χ0v) is 12.3. The second-order valence-electron chi connectivity index (χ2n) is 4.90. The van der Waals surface area contributed by atoms with Crippen LogP contribution in [0.4, 0.5) is 0 Å². The average molecular weight is 278 g/mol. The van der Waals surface area contributed by atoms with E-state index in [1.807, 2.05) is 43.1 Å². The van der Waals surface area contributed by atoms with Gasteiger partial charge in [0, 0.05) is 17.4 Å². The predicted octanol–water partition coefficient (Wildman–Crippen LogP) is 2.07. The molecule has 1 fully saturated rings. The molecule has 1 saturated heterocycles. The summed E-state index contributed by atoms with van der Waals surface area (Å²) < 4.78 is 0. The molecule has 1 aromatic carbocycles. The van der Waals surface area contributed by atoms with E-state index in [1.165, 1.54) is 12.2 Å². The SMILES string of the molecule is CNCCc1ccccc1C(=O)NC1CCCSC1. The lowest BCUT2D eigenvalue weighted by Gasteiger charge is -2.23. The molecule has 104 valence electrons. The van der Waals surface area contributed by atoms with Crippen molar-refractivity contribution in [2.75, 3.05) is 25.1 Å². The van der Waals surface area contributed by atoms with Crippen LogP contribution >= 0.6 is 11.8 Å². The van der Waals surface area contributed by atoms with Crippen molar-refractivity contribution in [2.45, 2.75) is 25.3 Å². The number of hydrogen-bond acceptors (Lipinski definition) is 3. The van der Waals surface area contributed by atoms with Gasteiger partial charge in [-0.15, -0.1) is 0 Å². The standard InChI is InChI=1S/C15H22N2OS/c1-16-9-8-12-5-2-3-7-14(12)15(18)17-13-6-4-10-19-11-13/h2-3,5,7,13,16H,4,6,8-11H2,1H3,(H,17,18). The largest absolute Gasteiger partial charge is 0.348 e. The van der Waals surface area contributed by atoms with Crippen LogP contribution in [0.1, 0.15) is 28.8 Å². The van der Waals surface area contributed by atoms with Gasteiger partial charge in [0.25, 0.3) is 5.91 Å². The van der Waals surface area contributed by atoms with Gasteiger partial charge in [-0.05, 0) is 50.2 Å². The van der Waals surface area contributed by atoms with E-state index in [9.17, 15) is 4.79 Å². The number of rotatable bonds is 5. The van der Waals surface area contributed by atoms with Gasteiger partial charge in [0.2, 0.25) is 0 Å². The molecule has 1 aliphatic heterocycles. The number of hydrogen-bond donors (Lipinski definition) is 2. The fourth-order valence-electron chi connectivity index (χ4n) is 2.34. The van der Waals surface area contributed by atoms with Crippen molar-refractivity contribution in [2.24, 2.45) is 0 Å². The van der Waals surface area contributed by atoms with E-state index in [4.69, 9.17) is 0 Å². The molecule has 2 N–H and O–H groups in total. The number of likely N-dealkylation sites (N-methyl/N-ethyl adjacent to an activating group) is 1. The third kappa shape index (κ3) is 4.25. The van der Waals surface area contributed by atoms with Crippen LogP contribution in [0.25, 0.3) is 0 Å². The van der Waals surface area contributed by atoms with Crippen LogP contribution in [0.2, 0.25) is 0 Å². The first-order chi connectivity index (χ1) is 9.31. The van der Waals surface area contributed by atoms with E-state index in [0.717, 1.165) is 36.3 Å². The number of thioether (sulfide) groups is 1. The molecule has 0 radical (unpaired) electrons. The lowest BCUT2D eigenvalue weighted by molar-refractivity contribution is 0.0937. The summed E-state index contributed by atoms with van der Waals surface area (Å²) in [5, 5.41) is 6.30. The van der Waals surface area contributed by atoms with E-state index < -0.39 is 0 Å². The van der Waals surface area contributed by atoms with Crippen molar-refractivity contribution in [3.8, 4) is 0 Å². The molecular formula is C15H22N2OS. The minimum absolute atomic E-state index is 0.0826.